The van der Waals surface area contributed by atoms with Crippen molar-refractivity contribution in [2.75, 3.05) is 5.32 Å². The van der Waals surface area contributed by atoms with Crippen molar-refractivity contribution >= 4 is 34.8 Å². The lowest BCUT2D eigenvalue weighted by atomic mass is 10.2. The number of nitrogens with two attached hydrogens (primary N) is 1. The van der Waals surface area contributed by atoms with Gasteiger partial charge in [-0.05, 0) is 43.3 Å². The van der Waals surface area contributed by atoms with E-state index in [1.807, 2.05) is 0 Å². The van der Waals surface area contributed by atoms with E-state index in [1.165, 1.54) is 0 Å². The Kier molecular flexibility index (Phi) is 5.07. The first kappa shape index (κ1) is 15.6. The predicted octanol–water partition coefficient (Wildman–Crippen LogP) is 4.07. The van der Waals surface area contributed by atoms with Crippen molar-refractivity contribution in [3.8, 4) is 11.5 Å². The smallest absolute Gasteiger partial charge is 0.240 e. The number of benzene rings is 2. The van der Waals surface area contributed by atoms with E-state index < -0.39 is 6.04 Å². The maximum absolute atomic E-state index is 11.5. The fourth-order valence-electron chi connectivity index (χ4n) is 1.54. The first-order chi connectivity index (χ1) is 9.95. The molecule has 0 aliphatic heterocycles. The standard InChI is InChI=1S/C15H14Cl2N2O2/c1-9(18)15(20)19-10-2-4-11(5-3-10)21-12-6-7-13(16)14(17)8-12/h2-9H,18H2,1H3,(H,19,20). The largest absolute Gasteiger partial charge is 0.457 e. The third-order valence-corrected chi connectivity index (χ3v) is 3.40. The van der Waals surface area contributed by atoms with E-state index in [0.29, 0.717) is 27.2 Å². The van der Waals surface area contributed by atoms with Crippen LogP contribution in [0.5, 0.6) is 11.5 Å². The van der Waals surface area contributed by atoms with E-state index in [9.17, 15) is 4.79 Å². The molecule has 2 aromatic carbocycles. The molecule has 0 saturated carbocycles. The molecule has 6 heteroatoms. The average Bonchev–Trinajstić information content (AvgIpc) is 2.45. The molecule has 3 N–H and O–H groups in total. The van der Waals surface area contributed by atoms with Gasteiger partial charge in [-0.25, -0.2) is 0 Å². The van der Waals surface area contributed by atoms with Crippen molar-refractivity contribution in [2.45, 2.75) is 13.0 Å². The SMILES string of the molecule is CC(N)C(=O)Nc1ccc(Oc2ccc(Cl)c(Cl)c2)cc1. The second-order valence-electron chi connectivity index (χ2n) is 4.48. The van der Waals surface area contributed by atoms with Crippen molar-refractivity contribution in [1.82, 2.24) is 0 Å². The molecule has 0 fully saturated rings. The quantitative estimate of drug-likeness (QED) is 0.890. The third kappa shape index (κ3) is 4.36. The Balaban J connectivity index is 2.05. The summed E-state index contributed by atoms with van der Waals surface area (Å²) in [5.41, 5.74) is 6.13. The molecule has 4 nitrogen and oxygen atoms in total. The van der Waals surface area contributed by atoms with Gasteiger partial charge in [0.2, 0.25) is 5.91 Å². The number of halogens is 2. The maximum Gasteiger partial charge on any atom is 0.240 e. The molecule has 0 heterocycles. The highest BCUT2D eigenvalue weighted by molar-refractivity contribution is 6.42. The Morgan fingerprint density at radius 3 is 2.29 bits per heavy atom. The summed E-state index contributed by atoms with van der Waals surface area (Å²) in [6.07, 6.45) is 0. The minimum atomic E-state index is -0.558. The van der Waals surface area contributed by atoms with Crippen molar-refractivity contribution in [2.24, 2.45) is 5.73 Å². The number of hydrogen-bond acceptors (Lipinski definition) is 3. The zero-order valence-corrected chi connectivity index (χ0v) is 12.8. The second kappa shape index (κ2) is 6.80. The molecule has 0 aromatic heterocycles. The van der Waals surface area contributed by atoms with Crippen LogP contribution in [0.4, 0.5) is 5.69 Å². The van der Waals surface area contributed by atoms with Crippen LogP contribution in [0.2, 0.25) is 10.0 Å². The summed E-state index contributed by atoms with van der Waals surface area (Å²) < 4.78 is 5.64. The van der Waals surface area contributed by atoms with Gasteiger partial charge in [0.05, 0.1) is 16.1 Å². The van der Waals surface area contributed by atoms with E-state index >= 15 is 0 Å². The Morgan fingerprint density at radius 1 is 1.10 bits per heavy atom. The highest BCUT2D eigenvalue weighted by Gasteiger charge is 2.07. The summed E-state index contributed by atoms with van der Waals surface area (Å²) in [7, 11) is 0. The van der Waals surface area contributed by atoms with Gasteiger partial charge in [-0.3, -0.25) is 4.79 Å². The van der Waals surface area contributed by atoms with Crippen LogP contribution in [-0.4, -0.2) is 11.9 Å². The van der Waals surface area contributed by atoms with Crippen LogP contribution < -0.4 is 15.8 Å². The van der Waals surface area contributed by atoms with Gasteiger partial charge in [-0.15, -0.1) is 0 Å². The molecule has 0 radical (unpaired) electrons. The van der Waals surface area contributed by atoms with Gasteiger partial charge in [-0.2, -0.15) is 0 Å². The van der Waals surface area contributed by atoms with Crippen LogP contribution in [0.3, 0.4) is 0 Å². The molecule has 2 rings (SSSR count). The van der Waals surface area contributed by atoms with E-state index in [2.05, 4.69) is 5.32 Å². The molecule has 0 saturated heterocycles. The van der Waals surface area contributed by atoms with Crippen molar-refractivity contribution < 1.29 is 9.53 Å². The molecule has 0 bridgehead atoms. The number of amides is 1. The fourth-order valence-corrected chi connectivity index (χ4v) is 1.83. The van der Waals surface area contributed by atoms with Gasteiger partial charge in [0.25, 0.3) is 0 Å². The number of carbonyl (C=O) groups excluding carboxylic acids is 1. The van der Waals surface area contributed by atoms with Gasteiger partial charge in [-0.1, -0.05) is 23.2 Å². The van der Waals surface area contributed by atoms with Crippen LogP contribution in [0.25, 0.3) is 0 Å². The van der Waals surface area contributed by atoms with Crippen molar-refractivity contribution in [1.29, 1.82) is 0 Å². The van der Waals surface area contributed by atoms with Gasteiger partial charge in [0, 0.05) is 11.8 Å². The third-order valence-electron chi connectivity index (χ3n) is 2.66. The summed E-state index contributed by atoms with van der Waals surface area (Å²) in [6.45, 7) is 1.62. The maximum atomic E-state index is 11.5. The van der Waals surface area contributed by atoms with E-state index in [4.69, 9.17) is 33.7 Å². The van der Waals surface area contributed by atoms with Crippen LogP contribution >= 0.6 is 23.2 Å². The van der Waals surface area contributed by atoms with Crippen molar-refractivity contribution in [3.63, 3.8) is 0 Å². The molecule has 1 unspecified atom stereocenters. The lowest BCUT2D eigenvalue weighted by molar-refractivity contribution is -0.117. The number of nitrogens with one attached hydrogen (secondary N) is 1. The summed E-state index contributed by atoms with van der Waals surface area (Å²) in [5, 5.41) is 3.59. The Hall–Kier alpha value is -1.75. The molecular formula is C15H14Cl2N2O2. The molecule has 0 spiro atoms. The predicted molar refractivity (Wildman–Crippen MR) is 85.3 cm³/mol. The molecule has 1 atom stereocenters. The normalized spacial score (nSPS) is 11.8. The Bertz CT molecular complexity index is 643. The van der Waals surface area contributed by atoms with Crippen LogP contribution in [0, 0.1) is 0 Å². The fraction of sp³-hybridized carbons (Fsp3) is 0.133. The first-order valence-electron chi connectivity index (χ1n) is 6.25. The number of anilines is 1. The molecule has 0 aliphatic rings. The topological polar surface area (TPSA) is 64.4 Å². The highest BCUT2D eigenvalue weighted by atomic mass is 35.5. The molecular weight excluding hydrogens is 311 g/mol. The van der Waals surface area contributed by atoms with Crippen LogP contribution in [0.1, 0.15) is 6.92 Å². The van der Waals surface area contributed by atoms with Crippen molar-refractivity contribution in [3.05, 3.63) is 52.5 Å². The summed E-state index contributed by atoms with van der Waals surface area (Å²) in [5.74, 6) is 0.956. The highest BCUT2D eigenvalue weighted by Crippen LogP contribution is 2.29. The number of carbonyl (C=O) groups is 1. The van der Waals surface area contributed by atoms with E-state index in [-0.39, 0.29) is 5.91 Å². The summed E-state index contributed by atoms with van der Waals surface area (Å²) in [6, 6.07) is 11.4. The molecule has 21 heavy (non-hydrogen) atoms. The summed E-state index contributed by atoms with van der Waals surface area (Å²) in [4.78, 5) is 11.5. The number of rotatable bonds is 4. The molecule has 1 amide bonds. The Morgan fingerprint density at radius 2 is 1.71 bits per heavy atom. The number of hydrogen-bond donors (Lipinski definition) is 2. The molecule has 110 valence electrons. The van der Waals surface area contributed by atoms with Crippen LogP contribution in [-0.2, 0) is 4.79 Å². The number of ether oxygens (including phenoxy) is 1. The van der Waals surface area contributed by atoms with Crippen LogP contribution in [0.15, 0.2) is 42.5 Å². The van der Waals surface area contributed by atoms with Gasteiger partial charge < -0.3 is 15.8 Å². The Labute approximate surface area is 132 Å². The first-order valence-corrected chi connectivity index (χ1v) is 7.01. The van der Waals surface area contributed by atoms with Gasteiger partial charge in [0.15, 0.2) is 0 Å². The van der Waals surface area contributed by atoms with Gasteiger partial charge >= 0.3 is 0 Å². The monoisotopic (exact) mass is 324 g/mol. The minimum absolute atomic E-state index is 0.242. The molecule has 0 aliphatic carbocycles. The average molecular weight is 325 g/mol. The zero-order valence-electron chi connectivity index (χ0n) is 11.3. The molecule has 2 aromatic rings. The van der Waals surface area contributed by atoms with E-state index in [0.717, 1.165) is 0 Å². The van der Waals surface area contributed by atoms with Gasteiger partial charge in [0.1, 0.15) is 11.5 Å². The van der Waals surface area contributed by atoms with E-state index in [1.54, 1.807) is 49.4 Å². The second-order valence-corrected chi connectivity index (χ2v) is 5.29. The minimum Gasteiger partial charge on any atom is -0.457 e. The zero-order chi connectivity index (χ0) is 15.4. The lowest BCUT2D eigenvalue weighted by Crippen LogP contribution is -2.32. The lowest BCUT2D eigenvalue weighted by Gasteiger charge is -2.10. The summed E-state index contributed by atoms with van der Waals surface area (Å²) >= 11 is 11.8.